The molecule has 1 unspecified atom stereocenters. The molecule has 54 heavy (non-hydrogen) atoms. The van der Waals surface area contributed by atoms with Crippen LogP contribution in [0.1, 0.15) is 51.9 Å². The van der Waals surface area contributed by atoms with Gasteiger partial charge in [-0.05, 0) is 80.4 Å². The topological polar surface area (TPSA) is 193 Å². The SMILES string of the molecule is CC(C)C(OC(=O)Nc1ccc(S(C)(=O)=O)cc1OCc1nc2ccc(-c3ccc(NC(=O)[C@H](C)c4ccc(F)cc4)cc3)cn2n1)OC(=O)C(C)(C)N. The molecule has 0 aliphatic rings. The number of fused-ring (bicyclic) bond motifs is 1. The largest absolute Gasteiger partial charge is 0.483 e. The number of halogens is 1. The number of esters is 1. The zero-order valence-electron chi connectivity index (χ0n) is 30.5. The van der Waals surface area contributed by atoms with Crippen LogP contribution in [0.15, 0.2) is 90.0 Å². The Labute approximate surface area is 311 Å². The smallest absolute Gasteiger partial charge is 0.414 e. The molecule has 0 saturated heterocycles. The molecule has 0 radical (unpaired) electrons. The Morgan fingerprint density at radius 1 is 0.907 bits per heavy atom. The quantitative estimate of drug-likeness (QED) is 0.0932. The summed E-state index contributed by atoms with van der Waals surface area (Å²) in [7, 11) is -3.65. The Morgan fingerprint density at radius 2 is 1.57 bits per heavy atom. The number of benzene rings is 3. The molecule has 0 aliphatic carbocycles. The molecule has 0 aliphatic heterocycles. The van der Waals surface area contributed by atoms with Crippen molar-refractivity contribution in [2.45, 2.75) is 63.9 Å². The molecule has 2 heterocycles. The Kier molecular flexibility index (Phi) is 11.7. The van der Waals surface area contributed by atoms with Gasteiger partial charge in [0.1, 0.15) is 23.7 Å². The molecule has 0 spiro atoms. The van der Waals surface area contributed by atoms with E-state index in [4.69, 9.17) is 19.9 Å². The molecule has 2 aromatic heterocycles. The van der Waals surface area contributed by atoms with Crippen LogP contribution in [0.3, 0.4) is 0 Å². The normalized spacial score (nSPS) is 12.9. The minimum atomic E-state index is -3.65. The van der Waals surface area contributed by atoms with Crippen molar-refractivity contribution in [1.82, 2.24) is 14.6 Å². The molecule has 2 atom stereocenters. The van der Waals surface area contributed by atoms with Crippen molar-refractivity contribution in [3.8, 4) is 16.9 Å². The van der Waals surface area contributed by atoms with E-state index in [0.717, 1.165) is 17.4 Å². The molecular weight excluding hydrogens is 720 g/mol. The monoisotopic (exact) mass is 760 g/mol. The lowest BCUT2D eigenvalue weighted by molar-refractivity contribution is -0.179. The molecule has 0 fully saturated rings. The molecule has 3 aromatic carbocycles. The first-order valence-electron chi connectivity index (χ1n) is 16.8. The molecule has 14 nitrogen and oxygen atoms in total. The minimum absolute atomic E-state index is 0.00477. The number of sulfone groups is 1. The van der Waals surface area contributed by atoms with Crippen molar-refractivity contribution in [3.63, 3.8) is 0 Å². The van der Waals surface area contributed by atoms with Crippen molar-refractivity contribution in [2.75, 3.05) is 16.9 Å². The van der Waals surface area contributed by atoms with E-state index in [2.05, 4.69) is 20.7 Å². The maximum atomic E-state index is 13.3. The molecule has 4 N–H and O–H groups in total. The van der Waals surface area contributed by atoms with E-state index >= 15 is 0 Å². The van der Waals surface area contributed by atoms with Gasteiger partial charge in [0, 0.05) is 35.7 Å². The lowest BCUT2D eigenvalue weighted by Gasteiger charge is -2.25. The van der Waals surface area contributed by atoms with E-state index in [1.807, 2.05) is 18.2 Å². The van der Waals surface area contributed by atoms with Crippen LogP contribution in [-0.4, -0.2) is 59.1 Å². The number of nitrogens with zero attached hydrogens (tertiary/aromatic N) is 3. The number of nitrogens with two attached hydrogens (primary N) is 1. The summed E-state index contributed by atoms with van der Waals surface area (Å²) in [5.74, 6) is -2.00. The number of rotatable bonds is 13. The average molecular weight is 761 g/mol. The third-order valence-electron chi connectivity index (χ3n) is 8.12. The van der Waals surface area contributed by atoms with E-state index in [-0.39, 0.29) is 40.5 Å². The fourth-order valence-corrected chi connectivity index (χ4v) is 5.59. The van der Waals surface area contributed by atoms with Crippen LogP contribution >= 0.6 is 0 Å². The lowest BCUT2D eigenvalue weighted by atomic mass is 10.00. The van der Waals surface area contributed by atoms with Gasteiger partial charge in [0.15, 0.2) is 21.3 Å². The number of hydrogen-bond donors (Lipinski definition) is 3. The zero-order chi connectivity index (χ0) is 39.4. The average Bonchev–Trinajstić information content (AvgIpc) is 3.52. The summed E-state index contributed by atoms with van der Waals surface area (Å²) in [5, 5.41) is 9.91. The summed E-state index contributed by atoms with van der Waals surface area (Å²) in [6, 6.07) is 20.6. The van der Waals surface area contributed by atoms with E-state index in [1.54, 1.807) is 61.8 Å². The lowest BCUT2D eigenvalue weighted by Crippen LogP contribution is -2.46. The fourth-order valence-electron chi connectivity index (χ4n) is 4.96. The molecule has 2 amide bonds. The Hall–Kier alpha value is -5.87. The van der Waals surface area contributed by atoms with Crippen LogP contribution in [0.25, 0.3) is 16.8 Å². The second kappa shape index (κ2) is 16.0. The highest BCUT2D eigenvalue weighted by atomic mass is 32.2. The third kappa shape index (κ3) is 9.96. The van der Waals surface area contributed by atoms with Crippen LogP contribution in [0.5, 0.6) is 5.75 Å². The summed E-state index contributed by atoms with van der Waals surface area (Å²) in [5.41, 5.74) is 8.03. The van der Waals surface area contributed by atoms with Gasteiger partial charge < -0.3 is 25.3 Å². The van der Waals surface area contributed by atoms with Crippen molar-refractivity contribution < 1.29 is 41.4 Å². The summed E-state index contributed by atoms with van der Waals surface area (Å²) < 4.78 is 56.1. The van der Waals surface area contributed by atoms with E-state index in [9.17, 15) is 27.2 Å². The number of anilines is 2. The molecule has 16 heteroatoms. The molecule has 5 rings (SSSR count). The van der Waals surface area contributed by atoms with E-state index in [0.29, 0.717) is 16.9 Å². The summed E-state index contributed by atoms with van der Waals surface area (Å²) >= 11 is 0. The maximum Gasteiger partial charge on any atom is 0.414 e. The van der Waals surface area contributed by atoms with Crippen LogP contribution in [0.2, 0.25) is 0 Å². The Bertz CT molecular complexity index is 2270. The molecule has 0 bridgehead atoms. The van der Waals surface area contributed by atoms with Gasteiger partial charge in [-0.1, -0.05) is 38.1 Å². The summed E-state index contributed by atoms with van der Waals surface area (Å²) in [4.78, 5) is 42.4. The van der Waals surface area contributed by atoms with E-state index in [1.165, 1.54) is 44.2 Å². The van der Waals surface area contributed by atoms with Crippen molar-refractivity contribution >= 4 is 44.8 Å². The van der Waals surface area contributed by atoms with Crippen LogP contribution in [0, 0.1) is 11.7 Å². The number of hydrogen-bond acceptors (Lipinski definition) is 11. The highest BCUT2D eigenvalue weighted by Crippen LogP contribution is 2.30. The van der Waals surface area contributed by atoms with Crippen molar-refractivity contribution in [3.05, 3.63) is 102 Å². The standard InChI is InChI=1S/C38H41FN6O8S/c1-22(2)35(52-36(47)38(4,5)40)53-37(48)42-30-17-16-29(54(6,49)50)19-31(30)51-21-32-43-33-18-11-26(20-45(33)44-32)25-9-14-28(15-10-25)41-34(46)23(3)24-7-12-27(39)13-8-24/h7-20,22-23,35H,21,40H2,1-6H3,(H,41,46)(H,42,48)/t23-,35?/m1/s1. The number of carbonyl (C=O) groups excluding carboxylic acids is 3. The van der Waals surface area contributed by atoms with Crippen LogP contribution < -0.4 is 21.1 Å². The molecular formula is C38H41FN6O8S. The second-order valence-electron chi connectivity index (χ2n) is 13.6. The van der Waals surface area contributed by atoms with Crippen molar-refractivity contribution in [2.24, 2.45) is 11.7 Å². The zero-order valence-corrected chi connectivity index (χ0v) is 31.3. The minimum Gasteiger partial charge on any atom is -0.483 e. The van der Waals surface area contributed by atoms with Gasteiger partial charge in [-0.15, -0.1) is 5.10 Å². The predicted molar refractivity (Wildman–Crippen MR) is 199 cm³/mol. The second-order valence-corrected chi connectivity index (χ2v) is 15.6. The summed E-state index contributed by atoms with van der Waals surface area (Å²) in [6.45, 7) is 7.84. The van der Waals surface area contributed by atoms with E-state index < -0.39 is 45.6 Å². The third-order valence-corrected chi connectivity index (χ3v) is 9.23. The van der Waals surface area contributed by atoms with Crippen LogP contribution in [-0.2, 0) is 35.5 Å². The van der Waals surface area contributed by atoms with Gasteiger partial charge in [0.25, 0.3) is 6.29 Å². The Balaban J connectivity index is 1.27. The molecule has 5 aromatic rings. The van der Waals surface area contributed by atoms with Gasteiger partial charge in [-0.3, -0.25) is 10.1 Å². The number of pyridine rings is 1. The number of carbonyl (C=O) groups is 3. The molecule has 284 valence electrons. The first-order valence-corrected chi connectivity index (χ1v) is 18.7. The first-order chi connectivity index (χ1) is 25.4. The van der Waals surface area contributed by atoms with Gasteiger partial charge >= 0.3 is 12.1 Å². The predicted octanol–water partition coefficient (Wildman–Crippen LogP) is 6.07. The van der Waals surface area contributed by atoms with Gasteiger partial charge in [0.05, 0.1) is 16.5 Å². The summed E-state index contributed by atoms with van der Waals surface area (Å²) in [6.07, 6.45) is 0.568. The maximum absolute atomic E-state index is 13.3. The molecule has 0 saturated carbocycles. The highest BCUT2D eigenvalue weighted by Gasteiger charge is 2.30. The van der Waals surface area contributed by atoms with Gasteiger partial charge in [0.2, 0.25) is 5.91 Å². The van der Waals surface area contributed by atoms with Gasteiger partial charge in [-0.2, -0.15) is 0 Å². The fraction of sp³-hybridized carbons (Fsp3) is 0.289. The highest BCUT2D eigenvalue weighted by molar-refractivity contribution is 7.90. The van der Waals surface area contributed by atoms with Crippen molar-refractivity contribution in [1.29, 1.82) is 0 Å². The number of nitrogens with one attached hydrogen (secondary N) is 2. The number of amides is 2. The Morgan fingerprint density at radius 3 is 2.20 bits per heavy atom. The number of aromatic nitrogens is 3. The van der Waals surface area contributed by atoms with Gasteiger partial charge in [-0.25, -0.2) is 31.9 Å². The van der Waals surface area contributed by atoms with Crippen LogP contribution in [0.4, 0.5) is 20.6 Å². The number of ether oxygens (including phenoxy) is 3. The first kappa shape index (κ1) is 39.3.